The van der Waals surface area contributed by atoms with Gasteiger partial charge >= 0.3 is 0 Å². The van der Waals surface area contributed by atoms with Crippen LogP contribution in [0.5, 0.6) is 0 Å². The van der Waals surface area contributed by atoms with Crippen LogP contribution < -0.4 is 10.0 Å². The third kappa shape index (κ3) is 5.86. The molecule has 1 saturated heterocycles. The highest BCUT2D eigenvalue weighted by Crippen LogP contribution is 2.18. The van der Waals surface area contributed by atoms with Gasteiger partial charge in [-0.15, -0.1) is 0 Å². The Kier molecular flexibility index (Phi) is 6.38. The standard InChI is InChI=1S/C18H25N3O5S/c1-18(2,3)20-27(25,26)14-7-5-4-6-13(14)12-19-15(22)10-11-21-16(23)8-9-17(21)24/h4-7,20H,8-12H2,1-3H3,(H,19,22). The van der Waals surface area contributed by atoms with Crippen molar-refractivity contribution < 1.29 is 22.8 Å². The molecule has 0 aliphatic carbocycles. The molecule has 1 heterocycles. The number of rotatable bonds is 7. The van der Waals surface area contributed by atoms with Crippen molar-refractivity contribution in [3.63, 3.8) is 0 Å². The van der Waals surface area contributed by atoms with E-state index in [-0.39, 0.29) is 55.0 Å². The van der Waals surface area contributed by atoms with Crippen molar-refractivity contribution in [2.75, 3.05) is 6.54 Å². The topological polar surface area (TPSA) is 113 Å². The van der Waals surface area contributed by atoms with Gasteiger partial charge in [0.25, 0.3) is 0 Å². The zero-order chi connectivity index (χ0) is 20.2. The van der Waals surface area contributed by atoms with Gasteiger partial charge in [-0.05, 0) is 32.4 Å². The number of sulfonamides is 1. The lowest BCUT2D eigenvalue weighted by molar-refractivity contribution is -0.138. The Morgan fingerprint density at radius 2 is 1.70 bits per heavy atom. The maximum Gasteiger partial charge on any atom is 0.241 e. The normalized spacial score (nSPS) is 15.3. The first kappa shape index (κ1) is 21.0. The Balaban J connectivity index is 1.99. The van der Waals surface area contributed by atoms with E-state index in [9.17, 15) is 22.8 Å². The van der Waals surface area contributed by atoms with E-state index in [1.807, 2.05) is 0 Å². The number of nitrogens with one attached hydrogen (secondary N) is 2. The second-order valence-corrected chi connectivity index (χ2v) is 9.08. The van der Waals surface area contributed by atoms with E-state index in [0.717, 1.165) is 4.90 Å². The Morgan fingerprint density at radius 3 is 2.30 bits per heavy atom. The van der Waals surface area contributed by atoms with E-state index >= 15 is 0 Å². The van der Waals surface area contributed by atoms with Gasteiger partial charge in [0.15, 0.2) is 0 Å². The fourth-order valence-corrected chi connectivity index (χ4v) is 4.40. The van der Waals surface area contributed by atoms with Gasteiger partial charge in [-0.1, -0.05) is 18.2 Å². The molecule has 0 bridgehead atoms. The summed E-state index contributed by atoms with van der Waals surface area (Å²) in [7, 11) is -3.74. The Hall–Kier alpha value is -2.26. The maximum atomic E-state index is 12.6. The summed E-state index contributed by atoms with van der Waals surface area (Å²) in [6.45, 7) is 5.30. The van der Waals surface area contributed by atoms with Crippen LogP contribution in [0.3, 0.4) is 0 Å². The molecule has 0 saturated carbocycles. The first-order valence-corrected chi connectivity index (χ1v) is 10.2. The average Bonchev–Trinajstić information content (AvgIpc) is 2.87. The highest BCUT2D eigenvalue weighted by Gasteiger charge is 2.29. The molecule has 8 nitrogen and oxygen atoms in total. The molecule has 1 fully saturated rings. The first-order chi connectivity index (χ1) is 12.5. The van der Waals surface area contributed by atoms with E-state index in [1.165, 1.54) is 6.07 Å². The van der Waals surface area contributed by atoms with E-state index in [0.29, 0.717) is 5.56 Å². The van der Waals surface area contributed by atoms with Gasteiger partial charge in [0.1, 0.15) is 0 Å². The number of carbonyl (C=O) groups is 3. The zero-order valence-electron chi connectivity index (χ0n) is 15.7. The molecule has 1 aliphatic heterocycles. The van der Waals surface area contributed by atoms with E-state index in [1.54, 1.807) is 39.0 Å². The van der Waals surface area contributed by atoms with E-state index < -0.39 is 15.6 Å². The molecule has 0 atom stereocenters. The van der Waals surface area contributed by atoms with Crippen molar-refractivity contribution in [1.82, 2.24) is 14.9 Å². The highest BCUT2D eigenvalue weighted by molar-refractivity contribution is 7.89. The lowest BCUT2D eigenvalue weighted by Gasteiger charge is -2.21. The van der Waals surface area contributed by atoms with Crippen LogP contribution >= 0.6 is 0 Å². The van der Waals surface area contributed by atoms with Crippen molar-refractivity contribution in [2.24, 2.45) is 0 Å². The summed E-state index contributed by atoms with van der Waals surface area (Å²) in [6, 6.07) is 6.43. The molecule has 9 heteroatoms. The fraction of sp³-hybridized carbons (Fsp3) is 0.500. The number of benzene rings is 1. The monoisotopic (exact) mass is 395 g/mol. The lowest BCUT2D eigenvalue weighted by atomic mass is 10.1. The molecule has 0 spiro atoms. The Labute approximate surface area is 159 Å². The maximum absolute atomic E-state index is 12.6. The molecular weight excluding hydrogens is 370 g/mol. The summed E-state index contributed by atoms with van der Waals surface area (Å²) < 4.78 is 27.7. The summed E-state index contributed by atoms with van der Waals surface area (Å²) in [4.78, 5) is 36.3. The van der Waals surface area contributed by atoms with Crippen molar-refractivity contribution in [3.8, 4) is 0 Å². The molecule has 1 aliphatic rings. The van der Waals surface area contributed by atoms with Crippen LogP contribution in [0.15, 0.2) is 29.2 Å². The predicted molar refractivity (Wildman–Crippen MR) is 98.9 cm³/mol. The van der Waals surface area contributed by atoms with Crippen LogP contribution in [0, 0.1) is 0 Å². The highest BCUT2D eigenvalue weighted by atomic mass is 32.2. The van der Waals surface area contributed by atoms with Gasteiger partial charge in [-0.25, -0.2) is 13.1 Å². The number of likely N-dealkylation sites (tertiary alicyclic amines) is 1. The third-order valence-corrected chi connectivity index (χ3v) is 5.75. The largest absolute Gasteiger partial charge is 0.352 e. The SMILES string of the molecule is CC(C)(C)NS(=O)(=O)c1ccccc1CNC(=O)CCN1C(=O)CCC1=O. The summed E-state index contributed by atoms with van der Waals surface area (Å²) in [5.41, 5.74) is -0.180. The van der Waals surface area contributed by atoms with Gasteiger partial charge < -0.3 is 5.32 Å². The minimum atomic E-state index is -3.74. The molecule has 148 valence electrons. The van der Waals surface area contributed by atoms with Gasteiger partial charge in [0.05, 0.1) is 4.90 Å². The molecule has 0 radical (unpaired) electrons. The Bertz CT molecular complexity index is 827. The molecule has 3 amide bonds. The van der Waals surface area contributed by atoms with Crippen molar-refractivity contribution in [1.29, 1.82) is 0 Å². The minimum absolute atomic E-state index is 0.0212. The lowest BCUT2D eigenvalue weighted by Crippen LogP contribution is -2.41. The second-order valence-electron chi connectivity index (χ2n) is 7.43. The average molecular weight is 395 g/mol. The number of nitrogens with zero attached hydrogens (tertiary/aromatic N) is 1. The number of carbonyl (C=O) groups excluding carboxylic acids is 3. The Morgan fingerprint density at radius 1 is 1.11 bits per heavy atom. The molecule has 1 aromatic rings. The fourth-order valence-electron chi connectivity index (χ4n) is 2.74. The van der Waals surface area contributed by atoms with Gasteiger partial charge in [0.2, 0.25) is 27.7 Å². The van der Waals surface area contributed by atoms with E-state index in [4.69, 9.17) is 0 Å². The summed E-state index contributed by atoms with van der Waals surface area (Å²) >= 11 is 0. The molecule has 1 aromatic carbocycles. The van der Waals surface area contributed by atoms with Crippen molar-refractivity contribution >= 4 is 27.7 Å². The molecule has 2 N–H and O–H groups in total. The van der Waals surface area contributed by atoms with Crippen LogP contribution in [0.1, 0.15) is 45.6 Å². The van der Waals surface area contributed by atoms with E-state index in [2.05, 4.69) is 10.0 Å². The van der Waals surface area contributed by atoms with Crippen LogP contribution in [0.4, 0.5) is 0 Å². The van der Waals surface area contributed by atoms with Crippen LogP contribution in [0.25, 0.3) is 0 Å². The quantitative estimate of drug-likeness (QED) is 0.667. The van der Waals surface area contributed by atoms with Crippen molar-refractivity contribution in [3.05, 3.63) is 29.8 Å². The minimum Gasteiger partial charge on any atom is -0.352 e. The second kappa shape index (κ2) is 8.18. The summed E-state index contributed by atoms with van der Waals surface area (Å²) in [5, 5.41) is 2.65. The van der Waals surface area contributed by atoms with Gasteiger partial charge in [0, 0.05) is 37.9 Å². The number of hydrogen-bond acceptors (Lipinski definition) is 5. The number of amides is 3. The molecular formula is C18H25N3O5S. The number of hydrogen-bond donors (Lipinski definition) is 2. The molecule has 0 unspecified atom stereocenters. The van der Waals surface area contributed by atoms with Crippen molar-refractivity contribution in [2.45, 2.75) is 57.0 Å². The molecule has 2 rings (SSSR count). The van der Waals surface area contributed by atoms with Crippen LogP contribution in [-0.2, 0) is 31.0 Å². The van der Waals surface area contributed by atoms with Crippen LogP contribution in [-0.4, -0.2) is 43.1 Å². The first-order valence-electron chi connectivity index (χ1n) is 8.71. The van der Waals surface area contributed by atoms with Gasteiger partial charge in [-0.2, -0.15) is 0 Å². The van der Waals surface area contributed by atoms with Crippen LogP contribution in [0.2, 0.25) is 0 Å². The number of imide groups is 1. The van der Waals surface area contributed by atoms with Gasteiger partial charge in [-0.3, -0.25) is 19.3 Å². The molecule has 0 aromatic heterocycles. The predicted octanol–water partition coefficient (Wildman–Crippen LogP) is 0.919. The summed E-state index contributed by atoms with van der Waals surface area (Å²) in [5.74, 6) is -0.895. The zero-order valence-corrected chi connectivity index (χ0v) is 16.6. The molecule has 27 heavy (non-hydrogen) atoms. The smallest absolute Gasteiger partial charge is 0.241 e. The third-order valence-electron chi connectivity index (χ3n) is 3.90. The summed E-state index contributed by atoms with van der Waals surface area (Å²) in [6.07, 6.45) is 0.353.